The van der Waals surface area contributed by atoms with Gasteiger partial charge in [-0.1, -0.05) is 12.1 Å². The van der Waals surface area contributed by atoms with E-state index in [1.807, 2.05) is 0 Å². The first kappa shape index (κ1) is 17.4. The number of nitro benzene ring substituents is 1. The van der Waals surface area contributed by atoms with Crippen LogP contribution in [0.3, 0.4) is 0 Å². The van der Waals surface area contributed by atoms with E-state index in [2.05, 4.69) is 4.98 Å². The average Bonchev–Trinajstić information content (AvgIpc) is 3.01. The molecular formula is C18H14FN3O4. The number of halogens is 1. The van der Waals surface area contributed by atoms with Gasteiger partial charge in [0, 0.05) is 12.1 Å². The van der Waals surface area contributed by atoms with Crippen LogP contribution < -0.4 is 0 Å². The normalized spacial score (nSPS) is 10.7. The summed E-state index contributed by atoms with van der Waals surface area (Å²) in [6, 6.07) is 9.15. The van der Waals surface area contributed by atoms with Gasteiger partial charge in [-0.2, -0.15) is 0 Å². The van der Waals surface area contributed by atoms with Crippen molar-refractivity contribution >= 4 is 11.5 Å². The summed E-state index contributed by atoms with van der Waals surface area (Å²) in [6.07, 6.45) is 1.44. The second-order valence-electron chi connectivity index (χ2n) is 5.56. The number of hydrogen-bond donors (Lipinski definition) is 1. The highest BCUT2D eigenvalue weighted by atomic mass is 19.1. The lowest BCUT2D eigenvalue weighted by Crippen LogP contribution is -2.12. The van der Waals surface area contributed by atoms with E-state index in [4.69, 9.17) is 0 Å². The third-order valence-electron chi connectivity index (χ3n) is 3.97. The number of imidazole rings is 1. The Balaban J connectivity index is 2.27. The Morgan fingerprint density at radius 3 is 2.65 bits per heavy atom. The van der Waals surface area contributed by atoms with Crippen molar-refractivity contribution in [2.75, 3.05) is 0 Å². The van der Waals surface area contributed by atoms with Crippen molar-refractivity contribution in [2.45, 2.75) is 13.5 Å². The highest BCUT2D eigenvalue weighted by molar-refractivity contribution is 6.11. The van der Waals surface area contributed by atoms with Crippen molar-refractivity contribution in [3.63, 3.8) is 0 Å². The van der Waals surface area contributed by atoms with Crippen LogP contribution in [0.4, 0.5) is 10.1 Å². The molecule has 1 heterocycles. The maximum Gasteiger partial charge on any atom is 0.270 e. The maximum absolute atomic E-state index is 14.1. The predicted octanol–water partition coefficient (Wildman–Crippen LogP) is 2.95. The fourth-order valence-electron chi connectivity index (χ4n) is 2.74. The van der Waals surface area contributed by atoms with E-state index in [0.29, 0.717) is 11.5 Å². The van der Waals surface area contributed by atoms with Crippen molar-refractivity contribution in [2.24, 2.45) is 0 Å². The van der Waals surface area contributed by atoms with Gasteiger partial charge >= 0.3 is 0 Å². The smallest absolute Gasteiger partial charge is 0.270 e. The Labute approximate surface area is 147 Å². The number of nitro groups is 1. The van der Waals surface area contributed by atoms with E-state index in [1.54, 1.807) is 6.92 Å². The molecule has 1 aromatic heterocycles. The molecule has 0 saturated heterocycles. The summed E-state index contributed by atoms with van der Waals surface area (Å²) in [5, 5.41) is 20.6. The summed E-state index contributed by atoms with van der Waals surface area (Å²) in [5.41, 5.74) is 0.135. The zero-order valence-corrected chi connectivity index (χ0v) is 13.7. The van der Waals surface area contributed by atoms with Crippen LogP contribution in [0.15, 0.2) is 48.7 Å². The molecule has 0 spiro atoms. The van der Waals surface area contributed by atoms with E-state index >= 15 is 0 Å². The molecule has 26 heavy (non-hydrogen) atoms. The van der Waals surface area contributed by atoms with Gasteiger partial charge < -0.3 is 5.11 Å². The Hall–Kier alpha value is -3.39. The molecule has 0 amide bonds. The molecular weight excluding hydrogens is 341 g/mol. The van der Waals surface area contributed by atoms with E-state index in [0.717, 1.165) is 12.1 Å². The van der Waals surface area contributed by atoms with Crippen LogP contribution in [-0.4, -0.2) is 25.4 Å². The fourth-order valence-corrected chi connectivity index (χ4v) is 2.74. The summed E-state index contributed by atoms with van der Waals surface area (Å²) >= 11 is 0. The zero-order valence-electron chi connectivity index (χ0n) is 13.7. The van der Waals surface area contributed by atoms with E-state index < -0.39 is 16.5 Å². The lowest BCUT2D eigenvalue weighted by Gasteiger charge is -2.14. The van der Waals surface area contributed by atoms with Crippen LogP contribution in [0.25, 0.3) is 5.69 Å². The molecule has 0 radical (unpaired) electrons. The molecule has 0 bridgehead atoms. The highest BCUT2D eigenvalue weighted by Gasteiger charge is 2.23. The van der Waals surface area contributed by atoms with Gasteiger partial charge in [-0.05, 0) is 25.1 Å². The van der Waals surface area contributed by atoms with Crippen LogP contribution >= 0.6 is 0 Å². The number of hydrogen-bond acceptors (Lipinski definition) is 5. The topological polar surface area (TPSA) is 98.3 Å². The third-order valence-corrected chi connectivity index (χ3v) is 3.97. The molecule has 0 atom stereocenters. The van der Waals surface area contributed by atoms with Gasteiger partial charge in [0.2, 0.25) is 0 Å². The monoisotopic (exact) mass is 355 g/mol. The number of aliphatic hydroxyl groups is 1. The second-order valence-corrected chi connectivity index (χ2v) is 5.56. The Morgan fingerprint density at radius 1 is 1.27 bits per heavy atom. The number of rotatable bonds is 5. The Kier molecular flexibility index (Phi) is 4.59. The van der Waals surface area contributed by atoms with Gasteiger partial charge in [-0.3, -0.25) is 19.5 Å². The van der Waals surface area contributed by atoms with Gasteiger partial charge in [0.1, 0.15) is 11.6 Å². The summed E-state index contributed by atoms with van der Waals surface area (Å²) in [7, 11) is 0. The number of aliphatic hydroxyl groups excluding tert-OH is 1. The van der Waals surface area contributed by atoms with Crippen LogP contribution in [0.2, 0.25) is 0 Å². The Bertz CT molecular complexity index is 1010. The first-order valence-corrected chi connectivity index (χ1v) is 7.66. The van der Waals surface area contributed by atoms with Gasteiger partial charge in [0.05, 0.1) is 40.2 Å². The molecule has 0 fully saturated rings. The lowest BCUT2D eigenvalue weighted by atomic mass is 10.00. The molecule has 0 unspecified atom stereocenters. The number of nitrogens with zero attached hydrogens (tertiary/aromatic N) is 3. The number of carbonyl (C=O) groups excluding carboxylic acids is 1. The van der Waals surface area contributed by atoms with Crippen molar-refractivity contribution in [3.05, 3.63) is 87.2 Å². The molecule has 7 nitrogen and oxygen atoms in total. The molecule has 132 valence electrons. The van der Waals surface area contributed by atoms with Crippen molar-refractivity contribution in [3.8, 4) is 5.69 Å². The number of ketones is 1. The molecule has 3 aromatic rings. The minimum atomic E-state index is -0.723. The van der Waals surface area contributed by atoms with Gasteiger partial charge in [-0.25, -0.2) is 9.37 Å². The minimum Gasteiger partial charge on any atom is -0.390 e. The molecule has 0 aliphatic carbocycles. The van der Waals surface area contributed by atoms with E-state index in [9.17, 15) is 24.4 Å². The largest absolute Gasteiger partial charge is 0.390 e. The first-order chi connectivity index (χ1) is 12.4. The number of benzene rings is 2. The highest BCUT2D eigenvalue weighted by Crippen LogP contribution is 2.27. The van der Waals surface area contributed by atoms with Crippen LogP contribution in [0.1, 0.15) is 27.4 Å². The molecule has 1 N–H and O–H groups in total. The average molecular weight is 355 g/mol. The quantitative estimate of drug-likeness (QED) is 0.431. The Morgan fingerprint density at radius 2 is 2.00 bits per heavy atom. The van der Waals surface area contributed by atoms with Gasteiger partial charge in [-0.15, -0.1) is 0 Å². The SMILES string of the molecule is Cc1ncc(CO)n1-c1ccc([N+](=O)[O-])cc1C(=O)c1ccccc1F. The molecule has 0 aliphatic heterocycles. The van der Waals surface area contributed by atoms with E-state index in [-0.39, 0.29) is 29.1 Å². The minimum absolute atomic E-state index is 0.0555. The zero-order chi connectivity index (χ0) is 18.8. The number of non-ortho nitro benzene ring substituents is 1. The van der Waals surface area contributed by atoms with Crippen molar-refractivity contribution in [1.82, 2.24) is 9.55 Å². The number of aromatic nitrogens is 2. The second kappa shape index (κ2) is 6.85. The summed E-state index contributed by atoms with van der Waals surface area (Å²) < 4.78 is 15.6. The van der Waals surface area contributed by atoms with Crippen LogP contribution in [-0.2, 0) is 6.61 Å². The van der Waals surface area contributed by atoms with Gasteiger partial charge in [0.25, 0.3) is 5.69 Å². The van der Waals surface area contributed by atoms with E-state index in [1.165, 1.54) is 41.1 Å². The first-order valence-electron chi connectivity index (χ1n) is 7.66. The van der Waals surface area contributed by atoms with Crippen LogP contribution in [0, 0.1) is 22.9 Å². The summed E-state index contributed by atoms with van der Waals surface area (Å²) in [4.78, 5) is 27.5. The van der Waals surface area contributed by atoms with Crippen molar-refractivity contribution < 1.29 is 19.2 Å². The maximum atomic E-state index is 14.1. The molecule has 0 saturated carbocycles. The number of aryl methyl sites for hydroxylation is 1. The third kappa shape index (κ3) is 2.98. The van der Waals surface area contributed by atoms with Gasteiger partial charge in [0.15, 0.2) is 5.78 Å². The summed E-state index contributed by atoms with van der Waals surface area (Å²) in [6.45, 7) is 1.32. The van der Waals surface area contributed by atoms with Crippen LogP contribution in [0.5, 0.6) is 0 Å². The fraction of sp³-hybridized carbons (Fsp3) is 0.111. The molecule has 2 aromatic carbocycles. The standard InChI is InChI=1S/C18H14FN3O4/c1-11-20-9-13(10-23)21(11)17-7-6-12(22(25)26)8-15(17)18(24)14-4-2-3-5-16(14)19/h2-9,23H,10H2,1H3. The summed E-state index contributed by atoms with van der Waals surface area (Å²) in [5.74, 6) is -0.941. The lowest BCUT2D eigenvalue weighted by molar-refractivity contribution is -0.384. The molecule has 8 heteroatoms. The predicted molar refractivity (Wildman–Crippen MR) is 90.7 cm³/mol. The number of carbonyl (C=O) groups is 1. The molecule has 3 rings (SSSR count). The van der Waals surface area contributed by atoms with Crippen molar-refractivity contribution in [1.29, 1.82) is 0 Å². The molecule has 0 aliphatic rings.